The van der Waals surface area contributed by atoms with Crippen molar-refractivity contribution in [2.24, 2.45) is 5.11 Å². The van der Waals surface area contributed by atoms with Crippen LogP contribution >= 0.6 is 0 Å². The lowest BCUT2D eigenvalue weighted by Crippen LogP contribution is -1.91. The Kier molecular flexibility index (Phi) is 3.19. The first-order chi connectivity index (χ1) is 8.18. The normalized spacial score (nSPS) is 11.5. The van der Waals surface area contributed by atoms with Gasteiger partial charge in [0.2, 0.25) is 5.69 Å². The highest BCUT2D eigenvalue weighted by Crippen LogP contribution is 2.23. The number of nitrogens with zero attached hydrogens (tertiary/aromatic N) is 2. The first-order valence-corrected chi connectivity index (χ1v) is 5.48. The quantitative estimate of drug-likeness (QED) is 0.429. The van der Waals surface area contributed by atoms with Gasteiger partial charge in [0.15, 0.2) is 0 Å². The Morgan fingerprint density at radius 1 is 0.941 bits per heavy atom. The van der Waals surface area contributed by atoms with Crippen LogP contribution in [0.3, 0.4) is 0 Å². The van der Waals surface area contributed by atoms with Gasteiger partial charge >= 0.3 is 0 Å². The van der Waals surface area contributed by atoms with E-state index in [2.05, 4.69) is 5.11 Å². The molecule has 0 spiro atoms. The molecule has 0 aliphatic carbocycles. The second-order valence-electron chi connectivity index (χ2n) is 3.93. The molecule has 0 saturated heterocycles. The van der Waals surface area contributed by atoms with Crippen molar-refractivity contribution in [1.29, 1.82) is 0 Å². The Hall–Kier alpha value is -2.16. The smallest absolute Gasteiger partial charge is 0.244 e. The molecule has 0 fully saturated rings. The van der Waals surface area contributed by atoms with Crippen molar-refractivity contribution >= 4 is 11.4 Å². The van der Waals surface area contributed by atoms with Crippen LogP contribution in [-0.4, -0.2) is 4.86 Å². The number of para-hydroxylation sites is 1. The minimum Gasteiger partial charge on any atom is -0.594 e. The summed E-state index contributed by atoms with van der Waals surface area (Å²) in [4.78, 5) is 0.655. The second kappa shape index (κ2) is 4.78. The van der Waals surface area contributed by atoms with Gasteiger partial charge in [-0.05, 0) is 31.0 Å². The summed E-state index contributed by atoms with van der Waals surface area (Å²) in [5.41, 5.74) is 3.41. The summed E-state index contributed by atoms with van der Waals surface area (Å²) < 4.78 is 0. The van der Waals surface area contributed by atoms with E-state index >= 15 is 0 Å². The van der Waals surface area contributed by atoms with Crippen molar-refractivity contribution in [1.82, 2.24) is 0 Å². The van der Waals surface area contributed by atoms with Crippen LogP contribution in [0.1, 0.15) is 11.1 Å². The van der Waals surface area contributed by atoms with Gasteiger partial charge in [-0.1, -0.05) is 35.2 Å². The van der Waals surface area contributed by atoms with Crippen LogP contribution in [0.25, 0.3) is 0 Å². The Balaban J connectivity index is 2.40. The van der Waals surface area contributed by atoms with Crippen LogP contribution in [0, 0.1) is 19.1 Å². The zero-order chi connectivity index (χ0) is 12.3. The van der Waals surface area contributed by atoms with Gasteiger partial charge in [-0.3, -0.25) is 0 Å². The molecule has 0 aliphatic rings. The second-order valence-corrected chi connectivity index (χ2v) is 3.93. The van der Waals surface area contributed by atoms with E-state index in [-0.39, 0.29) is 0 Å². The Morgan fingerprint density at radius 2 is 1.65 bits per heavy atom. The van der Waals surface area contributed by atoms with E-state index in [0.29, 0.717) is 16.2 Å². The predicted molar refractivity (Wildman–Crippen MR) is 67.7 cm³/mol. The maximum Gasteiger partial charge on any atom is 0.244 e. The fourth-order valence-corrected chi connectivity index (χ4v) is 1.56. The van der Waals surface area contributed by atoms with Crippen molar-refractivity contribution in [2.75, 3.05) is 0 Å². The van der Waals surface area contributed by atoms with Gasteiger partial charge in [0.05, 0.1) is 0 Å². The van der Waals surface area contributed by atoms with Crippen LogP contribution < -0.4 is 0 Å². The zero-order valence-corrected chi connectivity index (χ0v) is 9.92. The molecule has 0 aliphatic heterocycles. The van der Waals surface area contributed by atoms with Crippen LogP contribution in [0.4, 0.5) is 11.4 Å². The van der Waals surface area contributed by atoms with Gasteiger partial charge in [-0.15, -0.1) is 0 Å². The van der Waals surface area contributed by atoms with Crippen molar-refractivity contribution < 1.29 is 4.86 Å². The monoisotopic (exact) mass is 226 g/mol. The molecule has 2 rings (SSSR count). The molecule has 2 aromatic carbocycles. The maximum absolute atomic E-state index is 11.8. The molecule has 17 heavy (non-hydrogen) atoms. The number of hydrogen-bond acceptors (Lipinski definition) is 2. The van der Waals surface area contributed by atoms with E-state index in [1.54, 1.807) is 12.1 Å². The summed E-state index contributed by atoms with van der Waals surface area (Å²) >= 11 is 0. The van der Waals surface area contributed by atoms with Crippen LogP contribution in [0.2, 0.25) is 0 Å². The average Bonchev–Trinajstić information content (AvgIpc) is 2.36. The van der Waals surface area contributed by atoms with Crippen molar-refractivity contribution in [2.45, 2.75) is 13.8 Å². The van der Waals surface area contributed by atoms with Crippen molar-refractivity contribution in [3.05, 3.63) is 64.9 Å². The van der Waals surface area contributed by atoms with Crippen molar-refractivity contribution in [3.8, 4) is 0 Å². The third-order valence-electron chi connectivity index (χ3n) is 2.75. The molecular weight excluding hydrogens is 212 g/mol. The summed E-state index contributed by atoms with van der Waals surface area (Å²) in [7, 11) is 0. The van der Waals surface area contributed by atoms with Gasteiger partial charge in [0, 0.05) is 17.2 Å². The highest BCUT2D eigenvalue weighted by atomic mass is 16.5. The molecule has 0 atom stereocenters. The molecule has 0 saturated carbocycles. The average molecular weight is 226 g/mol. The summed E-state index contributed by atoms with van der Waals surface area (Å²) in [6.45, 7) is 3.97. The van der Waals surface area contributed by atoms with Gasteiger partial charge in [0.25, 0.3) is 0 Å². The standard InChI is InChI=1S/C14H14N2O/c1-11-7-6-10-14(12(11)2)15-16(17)13-8-4-3-5-9-13/h3-10H,1-2H3. The fourth-order valence-electron chi connectivity index (χ4n) is 1.56. The SMILES string of the molecule is Cc1cccc(N=[N+]([O-])c2ccccc2)c1C. The molecule has 86 valence electrons. The van der Waals surface area contributed by atoms with Gasteiger partial charge in [-0.25, -0.2) is 0 Å². The van der Waals surface area contributed by atoms with Crippen LogP contribution in [-0.2, 0) is 0 Å². The molecule has 0 bridgehead atoms. The lowest BCUT2D eigenvalue weighted by atomic mass is 10.1. The number of azo groups is 1. The Morgan fingerprint density at radius 3 is 2.35 bits per heavy atom. The van der Waals surface area contributed by atoms with Gasteiger partial charge in [-0.2, -0.15) is 0 Å². The van der Waals surface area contributed by atoms with Crippen LogP contribution in [0.5, 0.6) is 0 Å². The fraction of sp³-hybridized carbons (Fsp3) is 0.143. The summed E-state index contributed by atoms with van der Waals surface area (Å²) in [5.74, 6) is 0. The lowest BCUT2D eigenvalue weighted by molar-refractivity contribution is -0.435. The first-order valence-electron chi connectivity index (χ1n) is 5.48. The van der Waals surface area contributed by atoms with Gasteiger partial charge in [0.1, 0.15) is 5.69 Å². The number of hydrogen-bond donors (Lipinski definition) is 0. The molecule has 2 aromatic rings. The third kappa shape index (κ3) is 2.50. The summed E-state index contributed by atoms with van der Waals surface area (Å²) in [6.07, 6.45) is 0. The Labute approximate surface area is 101 Å². The molecule has 3 heteroatoms. The predicted octanol–water partition coefficient (Wildman–Crippen LogP) is 4.23. The molecule has 0 heterocycles. The molecule has 0 amide bonds. The van der Waals surface area contributed by atoms with Crippen LogP contribution in [0.15, 0.2) is 53.6 Å². The minimum atomic E-state index is 0.536. The number of aryl methyl sites for hydroxylation is 1. The lowest BCUT2D eigenvalue weighted by Gasteiger charge is -2.03. The maximum atomic E-state index is 11.8. The number of rotatable bonds is 2. The van der Waals surface area contributed by atoms with E-state index < -0.39 is 0 Å². The topological polar surface area (TPSA) is 38.4 Å². The van der Waals surface area contributed by atoms with E-state index in [1.165, 1.54) is 0 Å². The largest absolute Gasteiger partial charge is 0.594 e. The summed E-state index contributed by atoms with van der Waals surface area (Å²) in [6, 6.07) is 14.7. The molecular formula is C14H14N2O. The highest BCUT2D eigenvalue weighted by Gasteiger charge is 2.05. The highest BCUT2D eigenvalue weighted by molar-refractivity contribution is 5.48. The molecule has 0 aromatic heterocycles. The molecule has 0 N–H and O–H groups in total. The minimum absolute atomic E-state index is 0.536. The molecule has 3 nitrogen and oxygen atoms in total. The summed E-state index contributed by atoms with van der Waals surface area (Å²) in [5, 5.41) is 15.9. The first kappa shape index (κ1) is 11.3. The van der Waals surface area contributed by atoms with Gasteiger partial charge < -0.3 is 5.21 Å². The zero-order valence-electron chi connectivity index (χ0n) is 9.92. The molecule has 0 unspecified atom stereocenters. The van der Waals surface area contributed by atoms with E-state index in [0.717, 1.165) is 11.1 Å². The van der Waals surface area contributed by atoms with E-state index in [9.17, 15) is 5.21 Å². The van der Waals surface area contributed by atoms with E-state index in [4.69, 9.17) is 0 Å². The Bertz CT molecular complexity index is 547. The number of benzene rings is 2. The molecule has 0 radical (unpaired) electrons. The third-order valence-corrected chi connectivity index (χ3v) is 2.75. The van der Waals surface area contributed by atoms with E-state index in [1.807, 2.05) is 50.2 Å². The van der Waals surface area contributed by atoms with Crippen molar-refractivity contribution in [3.63, 3.8) is 0 Å².